The van der Waals surface area contributed by atoms with E-state index < -0.39 is 21.0 Å². The van der Waals surface area contributed by atoms with E-state index in [1.54, 1.807) is 26.3 Å². The zero-order valence-corrected chi connectivity index (χ0v) is 9.48. The summed E-state index contributed by atoms with van der Waals surface area (Å²) in [5.41, 5.74) is -4.46. The minimum Gasteiger partial charge on any atom is -0.289 e. The first-order valence-corrected chi connectivity index (χ1v) is 5.15. The molecule has 0 aliphatic rings. The van der Waals surface area contributed by atoms with Crippen LogP contribution in [0.4, 0.5) is 13.2 Å². The van der Waals surface area contributed by atoms with E-state index in [0.717, 1.165) is 0 Å². The number of amides is 1. The fourth-order valence-electron chi connectivity index (χ4n) is 0.168. The number of carbonyl (C=O) groups is 1. The van der Waals surface area contributed by atoms with Crippen LogP contribution in [0.5, 0.6) is 0 Å². The Bertz CT molecular complexity index is 329. The smallest absolute Gasteiger partial charge is 0.289 e. The Kier molecular flexibility index (Phi) is 5.98. The van der Waals surface area contributed by atoms with E-state index >= 15 is 0 Å². The molecular weight excluding hydrogens is 255 g/mol. The normalized spacial score (nSPS) is 12.5. The fraction of sp³-hybridized carbons (Fsp3) is 0.833. The molecule has 3 N–H and O–H groups in total. The summed E-state index contributed by atoms with van der Waals surface area (Å²) in [7, 11) is -5.84. The summed E-state index contributed by atoms with van der Waals surface area (Å²) in [6, 6.07) is 0. The summed E-state index contributed by atoms with van der Waals surface area (Å²) in [4.78, 5) is 10.5. The van der Waals surface area contributed by atoms with Crippen molar-refractivity contribution in [3.05, 3.63) is 0 Å². The minimum atomic E-state index is -5.84. The van der Waals surface area contributed by atoms with Crippen LogP contribution >= 0.6 is 0 Å². The van der Waals surface area contributed by atoms with Gasteiger partial charge in [-0.25, -0.2) is 5.48 Å². The molecule has 0 aromatic carbocycles. The highest BCUT2D eigenvalue weighted by molar-refractivity contribution is 7.86. The number of rotatable bonds is 0. The lowest BCUT2D eigenvalue weighted by atomic mass is 9.96. The maximum Gasteiger partial charge on any atom is 0.522 e. The molecule has 0 spiro atoms. The second kappa shape index (κ2) is 5.46. The standard InChI is InChI=1S/C5H11NO2.CHF3O3S/c1-5(2,3)4(7)6-8;2-1(3,4)8(5,6)7/h8H,1-3H3,(H,6,7);(H,5,6,7). The second-order valence-corrected chi connectivity index (χ2v) is 5.02. The molecule has 0 heterocycles. The first kappa shape index (κ1) is 17.5. The zero-order valence-electron chi connectivity index (χ0n) is 8.66. The number of halogens is 3. The van der Waals surface area contributed by atoms with Crippen molar-refractivity contribution in [3.63, 3.8) is 0 Å². The van der Waals surface area contributed by atoms with E-state index in [1.807, 2.05) is 0 Å². The molecule has 0 aliphatic heterocycles. The summed E-state index contributed by atoms with van der Waals surface area (Å²) in [5, 5.41) is 8.07. The second-order valence-electron chi connectivity index (χ2n) is 3.61. The van der Waals surface area contributed by atoms with E-state index in [9.17, 15) is 18.0 Å². The third-order valence-electron chi connectivity index (χ3n) is 1.08. The summed E-state index contributed by atoms with van der Waals surface area (Å²) < 4.78 is 57.5. The largest absolute Gasteiger partial charge is 0.522 e. The van der Waals surface area contributed by atoms with Crippen molar-refractivity contribution in [2.75, 3.05) is 0 Å². The van der Waals surface area contributed by atoms with Crippen LogP contribution in [0.1, 0.15) is 20.8 Å². The van der Waals surface area contributed by atoms with Crippen LogP contribution in [0, 0.1) is 5.41 Å². The Hall–Kier alpha value is -0.870. The molecule has 0 radical (unpaired) electrons. The summed E-state index contributed by atoms with van der Waals surface area (Å²) in [6.07, 6.45) is 0. The molecule has 0 saturated carbocycles. The van der Waals surface area contributed by atoms with Gasteiger partial charge in [-0.15, -0.1) is 0 Å². The van der Waals surface area contributed by atoms with Crippen molar-refractivity contribution in [2.45, 2.75) is 26.3 Å². The highest BCUT2D eigenvalue weighted by atomic mass is 32.2. The topological polar surface area (TPSA) is 104 Å². The average molecular weight is 267 g/mol. The number of nitrogens with one attached hydrogen (secondary N) is 1. The quantitative estimate of drug-likeness (QED) is 0.262. The average Bonchev–Trinajstić information content (AvgIpc) is 1.98. The molecule has 10 heteroatoms. The molecule has 0 saturated heterocycles. The van der Waals surface area contributed by atoms with Crippen LogP contribution in [0.2, 0.25) is 0 Å². The van der Waals surface area contributed by atoms with Crippen molar-refractivity contribution in [1.29, 1.82) is 0 Å². The van der Waals surface area contributed by atoms with Gasteiger partial charge in [0, 0.05) is 5.41 Å². The number of carbonyl (C=O) groups excluding carboxylic acids is 1. The molecule has 1 amide bonds. The predicted octanol–water partition coefficient (Wildman–Crippen LogP) is 0.932. The van der Waals surface area contributed by atoms with Crippen LogP contribution in [-0.2, 0) is 14.9 Å². The molecular formula is C6H12F3NO5S. The number of alkyl halides is 3. The molecule has 98 valence electrons. The highest BCUT2D eigenvalue weighted by Gasteiger charge is 2.44. The predicted molar refractivity (Wildman–Crippen MR) is 47.0 cm³/mol. The summed E-state index contributed by atoms with van der Waals surface area (Å²) >= 11 is 0. The molecule has 0 fully saturated rings. The van der Waals surface area contributed by atoms with Gasteiger partial charge >= 0.3 is 15.6 Å². The van der Waals surface area contributed by atoms with Crippen molar-refractivity contribution < 1.29 is 36.1 Å². The number of hydroxylamine groups is 1. The van der Waals surface area contributed by atoms with Crippen LogP contribution in [0.15, 0.2) is 0 Å². The Balaban J connectivity index is 0. The van der Waals surface area contributed by atoms with Crippen molar-refractivity contribution in [2.24, 2.45) is 5.41 Å². The Labute approximate surface area is 90.2 Å². The third kappa shape index (κ3) is 7.43. The lowest BCUT2D eigenvalue weighted by Gasteiger charge is -2.13. The van der Waals surface area contributed by atoms with E-state index in [-0.39, 0.29) is 5.91 Å². The molecule has 0 aliphatic carbocycles. The van der Waals surface area contributed by atoms with Crippen LogP contribution in [-0.4, -0.2) is 29.6 Å². The van der Waals surface area contributed by atoms with Crippen LogP contribution in [0.25, 0.3) is 0 Å². The first-order chi connectivity index (χ1) is 6.73. The molecule has 0 rings (SSSR count). The van der Waals surface area contributed by atoms with Gasteiger partial charge in [-0.05, 0) is 0 Å². The molecule has 0 unspecified atom stereocenters. The lowest BCUT2D eigenvalue weighted by Crippen LogP contribution is -2.32. The van der Waals surface area contributed by atoms with Gasteiger partial charge in [0.15, 0.2) is 0 Å². The molecule has 0 atom stereocenters. The van der Waals surface area contributed by atoms with Gasteiger partial charge in [0.05, 0.1) is 0 Å². The Morgan fingerprint density at radius 3 is 1.44 bits per heavy atom. The van der Waals surface area contributed by atoms with Gasteiger partial charge < -0.3 is 0 Å². The highest BCUT2D eigenvalue weighted by Crippen LogP contribution is 2.20. The van der Waals surface area contributed by atoms with Gasteiger partial charge in [0.25, 0.3) is 0 Å². The van der Waals surface area contributed by atoms with E-state index in [0.29, 0.717) is 0 Å². The van der Waals surface area contributed by atoms with Gasteiger partial charge in [-0.2, -0.15) is 21.6 Å². The van der Waals surface area contributed by atoms with Gasteiger partial charge in [0.2, 0.25) is 5.91 Å². The van der Waals surface area contributed by atoms with Crippen molar-refractivity contribution in [3.8, 4) is 0 Å². The van der Waals surface area contributed by atoms with Gasteiger partial charge in [-0.1, -0.05) is 20.8 Å². The Morgan fingerprint density at radius 2 is 1.44 bits per heavy atom. The SMILES string of the molecule is CC(C)(C)C(=O)NO.O=S(=O)(O)C(F)(F)F. The minimum absolute atomic E-state index is 0.363. The number of hydrogen-bond acceptors (Lipinski definition) is 4. The van der Waals surface area contributed by atoms with Crippen LogP contribution in [0.3, 0.4) is 0 Å². The first-order valence-electron chi connectivity index (χ1n) is 3.71. The van der Waals surface area contributed by atoms with Crippen molar-refractivity contribution in [1.82, 2.24) is 5.48 Å². The summed E-state index contributed by atoms with van der Waals surface area (Å²) in [6.45, 7) is 5.16. The van der Waals surface area contributed by atoms with E-state index in [2.05, 4.69) is 0 Å². The molecule has 6 nitrogen and oxygen atoms in total. The van der Waals surface area contributed by atoms with Gasteiger partial charge in [-0.3, -0.25) is 14.6 Å². The van der Waals surface area contributed by atoms with Crippen molar-refractivity contribution >= 4 is 16.0 Å². The van der Waals surface area contributed by atoms with Gasteiger partial charge in [0.1, 0.15) is 0 Å². The van der Waals surface area contributed by atoms with E-state index in [1.165, 1.54) is 0 Å². The van der Waals surface area contributed by atoms with E-state index in [4.69, 9.17) is 18.2 Å². The fourth-order valence-corrected chi connectivity index (χ4v) is 0.168. The van der Waals surface area contributed by atoms with Crippen LogP contribution < -0.4 is 5.48 Å². The molecule has 0 bridgehead atoms. The monoisotopic (exact) mass is 267 g/mol. The molecule has 16 heavy (non-hydrogen) atoms. The summed E-state index contributed by atoms with van der Waals surface area (Å²) in [5.74, 6) is -0.363. The maximum absolute atomic E-state index is 10.7. The number of hydrogen-bond donors (Lipinski definition) is 3. The lowest BCUT2D eigenvalue weighted by molar-refractivity contribution is -0.137. The maximum atomic E-state index is 10.7. The molecule has 0 aromatic heterocycles. The zero-order chi connectivity index (χ0) is 13.8. The third-order valence-corrected chi connectivity index (χ3v) is 1.66. The Morgan fingerprint density at radius 1 is 1.19 bits per heavy atom. The molecule has 0 aromatic rings.